The number of amides is 1. The van der Waals surface area contributed by atoms with Gasteiger partial charge in [0.1, 0.15) is 0 Å². The Labute approximate surface area is 114 Å². The third-order valence-electron chi connectivity index (χ3n) is 2.77. The number of nitrogens with one attached hydrogen (secondary N) is 1. The SMILES string of the molecule is CCS(=O)(=O)c1ccc(C(=O)NCCCCN)cc1. The first-order valence-electron chi connectivity index (χ1n) is 6.32. The van der Waals surface area contributed by atoms with E-state index in [1.54, 1.807) is 6.92 Å². The Morgan fingerprint density at radius 3 is 2.37 bits per heavy atom. The van der Waals surface area contributed by atoms with Gasteiger partial charge in [0.15, 0.2) is 9.84 Å². The van der Waals surface area contributed by atoms with Crippen LogP contribution in [0.15, 0.2) is 29.2 Å². The number of hydrogen-bond donors (Lipinski definition) is 2. The van der Waals surface area contributed by atoms with Crippen molar-refractivity contribution < 1.29 is 13.2 Å². The van der Waals surface area contributed by atoms with Gasteiger partial charge in [-0.15, -0.1) is 0 Å². The molecule has 106 valence electrons. The topological polar surface area (TPSA) is 89.3 Å². The van der Waals surface area contributed by atoms with Crippen LogP contribution in [-0.2, 0) is 9.84 Å². The number of carbonyl (C=O) groups excluding carboxylic acids is 1. The van der Waals surface area contributed by atoms with Crippen molar-refractivity contribution in [1.29, 1.82) is 0 Å². The number of nitrogens with two attached hydrogens (primary N) is 1. The van der Waals surface area contributed by atoms with Crippen LogP contribution in [0.1, 0.15) is 30.1 Å². The molecule has 0 aromatic heterocycles. The number of benzene rings is 1. The standard InChI is InChI=1S/C13H20N2O3S/c1-2-19(17,18)12-7-5-11(6-8-12)13(16)15-10-4-3-9-14/h5-8H,2-4,9-10,14H2,1H3,(H,15,16). The van der Waals surface area contributed by atoms with Gasteiger partial charge in [-0.3, -0.25) is 4.79 Å². The lowest BCUT2D eigenvalue weighted by molar-refractivity contribution is 0.0953. The Morgan fingerprint density at radius 2 is 1.84 bits per heavy atom. The normalized spacial score (nSPS) is 11.3. The van der Waals surface area contributed by atoms with Crippen LogP contribution in [0.25, 0.3) is 0 Å². The second-order valence-electron chi connectivity index (χ2n) is 4.18. The van der Waals surface area contributed by atoms with E-state index in [9.17, 15) is 13.2 Å². The van der Waals surface area contributed by atoms with Gasteiger partial charge < -0.3 is 11.1 Å². The van der Waals surface area contributed by atoms with Gasteiger partial charge in [-0.05, 0) is 43.7 Å². The molecule has 1 rings (SSSR count). The molecule has 0 spiro atoms. The van der Waals surface area contributed by atoms with E-state index in [0.717, 1.165) is 12.8 Å². The molecule has 1 amide bonds. The highest BCUT2D eigenvalue weighted by Crippen LogP contribution is 2.12. The molecule has 0 radical (unpaired) electrons. The summed E-state index contributed by atoms with van der Waals surface area (Å²) in [5.41, 5.74) is 5.82. The number of rotatable bonds is 7. The van der Waals surface area contributed by atoms with Crippen LogP contribution in [0, 0.1) is 0 Å². The fraction of sp³-hybridized carbons (Fsp3) is 0.462. The minimum atomic E-state index is -3.21. The second-order valence-corrected chi connectivity index (χ2v) is 6.46. The lowest BCUT2D eigenvalue weighted by atomic mass is 10.2. The van der Waals surface area contributed by atoms with Gasteiger partial charge in [0.05, 0.1) is 10.6 Å². The van der Waals surface area contributed by atoms with E-state index in [0.29, 0.717) is 18.7 Å². The van der Waals surface area contributed by atoms with E-state index in [-0.39, 0.29) is 16.6 Å². The summed E-state index contributed by atoms with van der Waals surface area (Å²) in [5.74, 6) is -0.144. The summed E-state index contributed by atoms with van der Waals surface area (Å²) in [4.78, 5) is 12.0. The summed E-state index contributed by atoms with van der Waals surface area (Å²) in [6, 6.07) is 5.99. The monoisotopic (exact) mass is 284 g/mol. The molecule has 0 saturated heterocycles. The summed E-state index contributed by atoms with van der Waals surface area (Å²) in [6.07, 6.45) is 1.71. The van der Waals surface area contributed by atoms with E-state index in [1.165, 1.54) is 24.3 Å². The van der Waals surface area contributed by atoms with Gasteiger partial charge in [-0.1, -0.05) is 6.92 Å². The molecule has 0 atom stereocenters. The maximum absolute atomic E-state index is 11.7. The maximum atomic E-state index is 11.7. The zero-order valence-electron chi connectivity index (χ0n) is 11.1. The van der Waals surface area contributed by atoms with Gasteiger partial charge in [-0.2, -0.15) is 0 Å². The van der Waals surface area contributed by atoms with Crippen molar-refractivity contribution in [2.45, 2.75) is 24.7 Å². The van der Waals surface area contributed by atoms with Crippen LogP contribution in [-0.4, -0.2) is 33.2 Å². The Morgan fingerprint density at radius 1 is 1.21 bits per heavy atom. The largest absolute Gasteiger partial charge is 0.352 e. The van der Waals surface area contributed by atoms with Crippen LogP contribution in [0.5, 0.6) is 0 Å². The van der Waals surface area contributed by atoms with Gasteiger partial charge >= 0.3 is 0 Å². The van der Waals surface area contributed by atoms with E-state index >= 15 is 0 Å². The molecule has 0 fully saturated rings. The molecule has 3 N–H and O–H groups in total. The summed E-state index contributed by atoms with van der Waals surface area (Å²) in [7, 11) is -3.21. The van der Waals surface area contributed by atoms with Crippen molar-refractivity contribution in [3.63, 3.8) is 0 Å². The lowest BCUT2D eigenvalue weighted by Crippen LogP contribution is -2.24. The fourth-order valence-electron chi connectivity index (χ4n) is 1.55. The highest BCUT2D eigenvalue weighted by molar-refractivity contribution is 7.91. The Bertz CT molecular complexity index is 509. The third kappa shape index (κ3) is 4.65. The quantitative estimate of drug-likeness (QED) is 0.729. The predicted molar refractivity (Wildman–Crippen MR) is 74.8 cm³/mol. The number of hydrogen-bond acceptors (Lipinski definition) is 4. The third-order valence-corrected chi connectivity index (χ3v) is 4.52. The van der Waals surface area contributed by atoms with Crippen LogP contribution in [0.4, 0.5) is 0 Å². The summed E-state index contributed by atoms with van der Waals surface area (Å²) >= 11 is 0. The van der Waals surface area contributed by atoms with Crippen LogP contribution < -0.4 is 11.1 Å². The van der Waals surface area contributed by atoms with E-state index in [2.05, 4.69) is 5.32 Å². The van der Waals surface area contributed by atoms with Crippen molar-refractivity contribution in [1.82, 2.24) is 5.32 Å². The van der Waals surface area contributed by atoms with Crippen molar-refractivity contribution >= 4 is 15.7 Å². The van der Waals surface area contributed by atoms with Gasteiger partial charge in [0.2, 0.25) is 0 Å². The second kappa shape index (κ2) is 7.25. The van der Waals surface area contributed by atoms with Crippen LogP contribution in [0.2, 0.25) is 0 Å². The number of unbranched alkanes of at least 4 members (excludes halogenated alkanes) is 1. The lowest BCUT2D eigenvalue weighted by Gasteiger charge is -2.06. The summed E-state index contributed by atoms with van der Waals surface area (Å²) in [5, 5.41) is 2.76. The van der Waals surface area contributed by atoms with E-state index in [4.69, 9.17) is 5.73 Å². The minimum absolute atomic E-state index is 0.0532. The molecule has 0 saturated carbocycles. The van der Waals surface area contributed by atoms with Gasteiger partial charge in [0.25, 0.3) is 5.91 Å². The molecule has 1 aromatic carbocycles. The van der Waals surface area contributed by atoms with Gasteiger partial charge in [0, 0.05) is 12.1 Å². The highest BCUT2D eigenvalue weighted by Gasteiger charge is 2.12. The van der Waals surface area contributed by atoms with Crippen LogP contribution >= 0.6 is 0 Å². The first-order valence-corrected chi connectivity index (χ1v) is 7.97. The zero-order valence-corrected chi connectivity index (χ0v) is 11.9. The van der Waals surface area contributed by atoms with Crippen LogP contribution in [0.3, 0.4) is 0 Å². The van der Waals surface area contributed by atoms with Crippen molar-refractivity contribution in [3.8, 4) is 0 Å². The molecule has 19 heavy (non-hydrogen) atoms. The summed E-state index contributed by atoms with van der Waals surface area (Å²) in [6.45, 7) is 2.78. The first-order chi connectivity index (χ1) is 9.01. The number of carbonyl (C=O) groups is 1. The highest BCUT2D eigenvalue weighted by atomic mass is 32.2. The molecule has 5 nitrogen and oxygen atoms in total. The molecule has 0 bridgehead atoms. The number of sulfone groups is 1. The van der Waals surface area contributed by atoms with Crippen molar-refractivity contribution in [2.75, 3.05) is 18.8 Å². The molecule has 0 aliphatic heterocycles. The average molecular weight is 284 g/mol. The van der Waals surface area contributed by atoms with E-state index in [1.807, 2.05) is 0 Å². The van der Waals surface area contributed by atoms with Crippen molar-refractivity contribution in [3.05, 3.63) is 29.8 Å². The fourth-order valence-corrected chi connectivity index (χ4v) is 2.44. The molecule has 1 aromatic rings. The molecular formula is C13H20N2O3S. The summed E-state index contributed by atoms with van der Waals surface area (Å²) < 4.78 is 23.2. The molecule has 0 heterocycles. The zero-order chi connectivity index (χ0) is 14.3. The Hall–Kier alpha value is -1.40. The molecule has 6 heteroatoms. The Kier molecular flexibility index (Phi) is 5.98. The van der Waals surface area contributed by atoms with Crippen molar-refractivity contribution in [2.24, 2.45) is 5.73 Å². The minimum Gasteiger partial charge on any atom is -0.352 e. The molecule has 0 aliphatic rings. The molecular weight excluding hydrogens is 264 g/mol. The maximum Gasteiger partial charge on any atom is 0.251 e. The predicted octanol–water partition coefficient (Wildman–Crippen LogP) is 0.949. The average Bonchev–Trinajstić information content (AvgIpc) is 2.43. The molecule has 0 unspecified atom stereocenters. The Balaban J connectivity index is 2.64. The molecule has 0 aliphatic carbocycles. The van der Waals surface area contributed by atoms with Gasteiger partial charge in [-0.25, -0.2) is 8.42 Å². The smallest absolute Gasteiger partial charge is 0.251 e. The first kappa shape index (κ1) is 15.7. The van der Waals surface area contributed by atoms with E-state index < -0.39 is 9.84 Å².